The van der Waals surface area contributed by atoms with Crippen molar-refractivity contribution in [3.05, 3.63) is 115 Å². The Hall–Kier alpha value is -3.66. The molecule has 186 valence electrons. The maximum absolute atomic E-state index is 12.9. The zero-order valence-corrected chi connectivity index (χ0v) is 21.3. The molecule has 0 amide bonds. The molecule has 36 heavy (non-hydrogen) atoms. The second-order valence-corrected chi connectivity index (χ2v) is 13.3. The summed E-state index contributed by atoms with van der Waals surface area (Å²) in [6.07, 6.45) is 1.20. The Bertz CT molecular complexity index is 1200. The third-order valence-corrected chi connectivity index (χ3v) is 12.5. The Morgan fingerprint density at radius 1 is 0.806 bits per heavy atom. The maximum atomic E-state index is 12.9. The van der Waals surface area contributed by atoms with Crippen LogP contribution in [0.25, 0.3) is 0 Å². The van der Waals surface area contributed by atoms with Crippen molar-refractivity contribution in [2.24, 2.45) is 5.73 Å². The Labute approximate surface area is 212 Å². The average molecular weight is 502 g/mol. The van der Waals surface area contributed by atoms with Crippen molar-refractivity contribution >= 4 is 28.7 Å². The van der Waals surface area contributed by atoms with E-state index in [1.54, 1.807) is 18.2 Å². The molecule has 0 aromatic heterocycles. The standard InChI is InChI=1S/C30H32NO4P/c1-24(32)35-36(27-12-5-2-6-13-27,28-14-7-3-8-15-28,29-16-9-4-10-17-29)21-11-20-34-26-18-19-30(33)25(22-26)23-31/h2-10,12-19,22,33H,11,20-21,23,31H2,1H3. The zero-order valence-electron chi connectivity index (χ0n) is 20.4. The molecule has 0 saturated heterocycles. The topological polar surface area (TPSA) is 81.8 Å². The van der Waals surface area contributed by atoms with Crippen LogP contribution in [0.5, 0.6) is 11.5 Å². The van der Waals surface area contributed by atoms with Crippen molar-refractivity contribution in [3.63, 3.8) is 0 Å². The van der Waals surface area contributed by atoms with E-state index < -0.39 is 6.83 Å². The fourth-order valence-corrected chi connectivity index (χ4v) is 10.7. The third kappa shape index (κ3) is 4.73. The van der Waals surface area contributed by atoms with E-state index >= 15 is 0 Å². The molecule has 5 nitrogen and oxygen atoms in total. The van der Waals surface area contributed by atoms with Crippen molar-refractivity contribution in [2.45, 2.75) is 19.9 Å². The molecule has 0 unspecified atom stereocenters. The summed E-state index contributed by atoms with van der Waals surface area (Å²) in [7, 11) is 0. The molecule has 0 atom stereocenters. The van der Waals surface area contributed by atoms with Gasteiger partial charge in [-0.1, -0.05) is 0 Å². The van der Waals surface area contributed by atoms with Crippen LogP contribution in [0.2, 0.25) is 0 Å². The predicted molar refractivity (Wildman–Crippen MR) is 148 cm³/mol. The van der Waals surface area contributed by atoms with Crippen LogP contribution < -0.4 is 26.4 Å². The van der Waals surface area contributed by atoms with Crippen LogP contribution in [0.3, 0.4) is 0 Å². The SMILES string of the molecule is CC(=O)OP(CCCOc1ccc(O)c(CN)c1)(c1ccccc1)(c1ccccc1)c1ccccc1. The molecule has 0 aliphatic rings. The van der Waals surface area contributed by atoms with Gasteiger partial charge in [0.25, 0.3) is 0 Å². The summed E-state index contributed by atoms with van der Waals surface area (Å²) in [5.41, 5.74) is 6.36. The van der Waals surface area contributed by atoms with Gasteiger partial charge in [-0.15, -0.1) is 0 Å². The Morgan fingerprint density at radius 3 is 1.75 bits per heavy atom. The van der Waals surface area contributed by atoms with E-state index in [1.165, 1.54) is 6.92 Å². The molecule has 3 N–H and O–H groups in total. The van der Waals surface area contributed by atoms with Crippen molar-refractivity contribution < 1.29 is 19.2 Å². The van der Waals surface area contributed by atoms with E-state index in [2.05, 4.69) is 36.4 Å². The van der Waals surface area contributed by atoms with Gasteiger partial charge in [-0.05, 0) is 0 Å². The van der Waals surface area contributed by atoms with Crippen molar-refractivity contribution in [1.82, 2.24) is 0 Å². The second-order valence-electron chi connectivity index (χ2n) is 8.72. The van der Waals surface area contributed by atoms with Gasteiger partial charge in [-0.3, -0.25) is 0 Å². The average Bonchev–Trinajstić information content (AvgIpc) is 2.92. The summed E-state index contributed by atoms with van der Waals surface area (Å²) < 4.78 is 12.7. The van der Waals surface area contributed by atoms with Gasteiger partial charge < -0.3 is 0 Å². The molecule has 0 spiro atoms. The fourth-order valence-electron chi connectivity index (χ4n) is 4.92. The van der Waals surface area contributed by atoms with Crippen LogP contribution in [0.4, 0.5) is 0 Å². The fraction of sp³-hybridized carbons (Fsp3) is 0.167. The number of carbonyl (C=O) groups excluding carboxylic acids is 1. The molecular weight excluding hydrogens is 469 g/mol. The number of carbonyl (C=O) groups is 1. The minimum absolute atomic E-state index is 0.155. The van der Waals surface area contributed by atoms with E-state index in [0.29, 0.717) is 30.5 Å². The predicted octanol–water partition coefficient (Wildman–Crippen LogP) is 4.63. The van der Waals surface area contributed by atoms with Crippen molar-refractivity contribution in [2.75, 3.05) is 12.8 Å². The van der Waals surface area contributed by atoms with Crippen molar-refractivity contribution in [3.8, 4) is 11.5 Å². The summed E-state index contributed by atoms with van der Waals surface area (Å²) in [4.78, 5) is 12.9. The summed E-state index contributed by atoms with van der Waals surface area (Å²) in [5.74, 6) is 0.471. The third-order valence-electron chi connectivity index (χ3n) is 6.51. The van der Waals surface area contributed by atoms with E-state index in [4.69, 9.17) is 15.0 Å². The summed E-state index contributed by atoms with van der Waals surface area (Å²) in [5, 5.41) is 12.9. The molecule has 0 fully saturated rings. The quantitative estimate of drug-likeness (QED) is 0.245. The molecule has 0 bridgehead atoms. The van der Waals surface area contributed by atoms with Gasteiger partial charge >= 0.3 is 213 Å². The monoisotopic (exact) mass is 501 g/mol. The molecule has 0 heterocycles. The van der Waals surface area contributed by atoms with Crippen molar-refractivity contribution in [1.29, 1.82) is 0 Å². The van der Waals surface area contributed by atoms with Gasteiger partial charge in [0, 0.05) is 0 Å². The number of benzene rings is 4. The van der Waals surface area contributed by atoms with Gasteiger partial charge in [-0.25, -0.2) is 0 Å². The van der Waals surface area contributed by atoms with Gasteiger partial charge in [0.2, 0.25) is 0 Å². The molecule has 4 aromatic carbocycles. The first kappa shape index (κ1) is 25.4. The van der Waals surface area contributed by atoms with Crippen LogP contribution in [-0.2, 0) is 15.9 Å². The Balaban J connectivity index is 1.82. The number of nitrogens with two attached hydrogens (primary N) is 1. The first-order valence-electron chi connectivity index (χ1n) is 12.0. The van der Waals surface area contributed by atoms with Crippen LogP contribution in [-0.4, -0.2) is 23.8 Å². The molecule has 0 aliphatic carbocycles. The van der Waals surface area contributed by atoms with E-state index in [0.717, 1.165) is 15.9 Å². The van der Waals surface area contributed by atoms with E-state index in [-0.39, 0.29) is 18.3 Å². The molecule has 6 heteroatoms. The Kier molecular flexibility index (Phi) is 7.73. The number of hydrogen-bond acceptors (Lipinski definition) is 5. The van der Waals surface area contributed by atoms with Gasteiger partial charge in [0.05, 0.1) is 0 Å². The first-order chi connectivity index (χ1) is 17.5. The molecular formula is C30H32NO4P. The molecule has 4 rings (SSSR count). The van der Waals surface area contributed by atoms with Gasteiger partial charge in [0.1, 0.15) is 0 Å². The summed E-state index contributed by atoms with van der Waals surface area (Å²) >= 11 is 0. The summed E-state index contributed by atoms with van der Waals surface area (Å²) in [6.45, 7) is -1.60. The Morgan fingerprint density at radius 2 is 1.31 bits per heavy atom. The van der Waals surface area contributed by atoms with E-state index in [1.807, 2.05) is 54.6 Å². The zero-order chi connectivity index (χ0) is 25.5. The van der Waals surface area contributed by atoms with Crippen LogP contribution in [0, 0.1) is 0 Å². The van der Waals surface area contributed by atoms with E-state index in [9.17, 15) is 9.90 Å². The minimum atomic E-state index is -3.71. The summed E-state index contributed by atoms with van der Waals surface area (Å²) in [6, 6.07) is 35.3. The molecule has 0 aliphatic heterocycles. The molecule has 0 saturated carbocycles. The van der Waals surface area contributed by atoms with Gasteiger partial charge in [-0.2, -0.15) is 0 Å². The van der Waals surface area contributed by atoms with Gasteiger partial charge in [0.15, 0.2) is 0 Å². The number of aromatic hydroxyl groups is 1. The second kappa shape index (κ2) is 10.9. The van der Waals surface area contributed by atoms with Crippen LogP contribution >= 0.6 is 6.83 Å². The van der Waals surface area contributed by atoms with Crippen LogP contribution in [0.15, 0.2) is 109 Å². The number of ether oxygens (including phenoxy) is 1. The normalized spacial score (nSPS) is 12.3. The molecule has 0 radical (unpaired) electrons. The number of phenolic OH excluding ortho intramolecular Hbond substituents is 1. The van der Waals surface area contributed by atoms with Crippen LogP contribution in [0.1, 0.15) is 18.9 Å². The molecule has 4 aromatic rings. The number of rotatable bonds is 10. The first-order valence-corrected chi connectivity index (χ1v) is 14.4. The number of hydrogen-bond donors (Lipinski definition) is 2. The number of phenols is 1.